The summed E-state index contributed by atoms with van der Waals surface area (Å²) >= 11 is 0. The van der Waals surface area contributed by atoms with Crippen LogP contribution in [0.15, 0.2) is 54.7 Å². The van der Waals surface area contributed by atoms with Crippen molar-refractivity contribution in [2.75, 3.05) is 32.9 Å². The van der Waals surface area contributed by atoms with Gasteiger partial charge in [0.2, 0.25) is 0 Å². The molecule has 4 aromatic rings. The molecule has 1 aliphatic rings. The molecule has 1 fully saturated rings. The summed E-state index contributed by atoms with van der Waals surface area (Å²) in [6, 6.07) is 16.5. The highest BCUT2D eigenvalue weighted by Crippen LogP contribution is 2.32. The van der Waals surface area contributed by atoms with Crippen LogP contribution in [0.3, 0.4) is 0 Å². The second-order valence-electron chi connectivity index (χ2n) is 9.16. The van der Waals surface area contributed by atoms with E-state index in [0.29, 0.717) is 22.9 Å². The van der Waals surface area contributed by atoms with Crippen LogP contribution in [0.2, 0.25) is 0 Å². The lowest BCUT2D eigenvalue weighted by atomic mass is 9.98. The SMILES string of the molecule is CCc1ccccc1-c1[nH]nc2ncc(-c3ccc(N)c(C(=O)N4CCC(N(C)C)C4)c3)cc12. The van der Waals surface area contributed by atoms with E-state index in [1.165, 1.54) is 5.56 Å². The summed E-state index contributed by atoms with van der Waals surface area (Å²) in [6.45, 7) is 3.61. The minimum atomic E-state index is -0.0152. The van der Waals surface area contributed by atoms with Gasteiger partial charge in [-0.25, -0.2) is 4.98 Å². The van der Waals surface area contributed by atoms with Crippen LogP contribution in [0.5, 0.6) is 0 Å². The van der Waals surface area contributed by atoms with E-state index in [0.717, 1.165) is 53.7 Å². The van der Waals surface area contributed by atoms with Gasteiger partial charge in [-0.3, -0.25) is 9.89 Å². The number of pyridine rings is 1. The summed E-state index contributed by atoms with van der Waals surface area (Å²) in [5.74, 6) is -0.0152. The van der Waals surface area contributed by atoms with Crippen molar-refractivity contribution in [3.05, 3.63) is 65.9 Å². The minimum absolute atomic E-state index is 0.0152. The number of aromatic nitrogens is 3. The number of hydrogen-bond donors (Lipinski definition) is 2. The van der Waals surface area contributed by atoms with E-state index in [4.69, 9.17) is 5.73 Å². The van der Waals surface area contributed by atoms with Crippen molar-refractivity contribution in [3.63, 3.8) is 0 Å². The van der Waals surface area contributed by atoms with E-state index in [-0.39, 0.29) is 5.91 Å². The van der Waals surface area contributed by atoms with Crippen LogP contribution in [0.1, 0.15) is 29.3 Å². The number of anilines is 1. The van der Waals surface area contributed by atoms with Crippen LogP contribution in [-0.4, -0.2) is 64.1 Å². The number of hydrogen-bond acceptors (Lipinski definition) is 5. The molecule has 0 spiro atoms. The van der Waals surface area contributed by atoms with Gasteiger partial charge in [-0.15, -0.1) is 0 Å². The summed E-state index contributed by atoms with van der Waals surface area (Å²) in [4.78, 5) is 22.0. The smallest absolute Gasteiger partial charge is 0.256 e. The Bertz CT molecular complexity index is 1360. The normalized spacial score (nSPS) is 16.0. The summed E-state index contributed by atoms with van der Waals surface area (Å²) in [7, 11) is 4.11. The second kappa shape index (κ2) is 8.91. The van der Waals surface area contributed by atoms with E-state index in [2.05, 4.69) is 65.4 Å². The quantitative estimate of drug-likeness (QED) is 0.441. The van der Waals surface area contributed by atoms with Crippen molar-refractivity contribution in [2.45, 2.75) is 25.8 Å². The van der Waals surface area contributed by atoms with Gasteiger partial charge in [-0.1, -0.05) is 37.3 Å². The number of aryl methyl sites for hydroxylation is 1. The number of benzene rings is 2. The monoisotopic (exact) mass is 454 g/mol. The Hall–Kier alpha value is -3.71. The molecule has 7 heteroatoms. The zero-order chi connectivity index (χ0) is 23.8. The highest BCUT2D eigenvalue weighted by molar-refractivity contribution is 6.01. The highest BCUT2D eigenvalue weighted by atomic mass is 16.2. The van der Waals surface area contributed by atoms with Gasteiger partial charge < -0.3 is 15.5 Å². The zero-order valence-corrected chi connectivity index (χ0v) is 19.9. The fourth-order valence-corrected chi connectivity index (χ4v) is 4.77. The summed E-state index contributed by atoms with van der Waals surface area (Å²) in [5.41, 5.74) is 13.1. The van der Waals surface area contributed by atoms with Crippen LogP contribution < -0.4 is 5.73 Å². The predicted octanol–water partition coefficient (Wildman–Crippen LogP) is 4.21. The molecule has 34 heavy (non-hydrogen) atoms. The van der Waals surface area contributed by atoms with Crippen LogP contribution in [0.25, 0.3) is 33.4 Å². The third-order valence-electron chi connectivity index (χ3n) is 6.88. The summed E-state index contributed by atoms with van der Waals surface area (Å²) in [6.07, 6.45) is 3.70. The van der Waals surface area contributed by atoms with E-state index >= 15 is 0 Å². The number of likely N-dealkylation sites (tertiary alicyclic amines) is 1. The molecule has 1 amide bonds. The zero-order valence-electron chi connectivity index (χ0n) is 19.9. The molecular weight excluding hydrogens is 424 g/mol. The molecule has 1 saturated heterocycles. The van der Waals surface area contributed by atoms with E-state index < -0.39 is 0 Å². The number of nitrogens with zero attached hydrogens (tertiary/aromatic N) is 4. The minimum Gasteiger partial charge on any atom is -0.398 e. The van der Waals surface area contributed by atoms with Gasteiger partial charge in [0.1, 0.15) is 0 Å². The molecule has 1 atom stereocenters. The lowest BCUT2D eigenvalue weighted by molar-refractivity contribution is 0.0784. The standard InChI is InChI=1S/C27H30N6O/c1-4-17-7-5-6-8-21(17)25-23-14-19(15-29-26(23)31-30-25)18-9-10-24(28)22(13-18)27(34)33-12-11-20(16-33)32(2)3/h5-10,13-15,20H,4,11-12,16,28H2,1-3H3,(H,29,30,31). The van der Waals surface area contributed by atoms with Crippen molar-refractivity contribution in [3.8, 4) is 22.4 Å². The fraction of sp³-hybridized carbons (Fsp3) is 0.296. The van der Waals surface area contributed by atoms with Crippen LogP contribution in [0.4, 0.5) is 5.69 Å². The van der Waals surface area contributed by atoms with Crippen molar-refractivity contribution < 1.29 is 4.79 Å². The average Bonchev–Trinajstić information content (AvgIpc) is 3.51. The number of H-pyrrole nitrogens is 1. The molecule has 0 radical (unpaired) electrons. The van der Waals surface area contributed by atoms with Gasteiger partial charge >= 0.3 is 0 Å². The highest BCUT2D eigenvalue weighted by Gasteiger charge is 2.29. The van der Waals surface area contributed by atoms with Gasteiger partial charge in [0, 0.05) is 47.5 Å². The molecule has 174 valence electrons. The fourth-order valence-electron chi connectivity index (χ4n) is 4.77. The number of aromatic amines is 1. The molecule has 3 N–H and O–H groups in total. The molecule has 0 aliphatic carbocycles. The number of carbonyl (C=O) groups excluding carboxylic acids is 1. The van der Waals surface area contributed by atoms with E-state index in [1.54, 1.807) is 6.20 Å². The van der Waals surface area contributed by atoms with Crippen LogP contribution in [0, 0.1) is 0 Å². The Kier molecular flexibility index (Phi) is 5.79. The van der Waals surface area contributed by atoms with E-state index in [1.807, 2.05) is 29.2 Å². The Balaban J connectivity index is 1.51. The maximum absolute atomic E-state index is 13.3. The lowest BCUT2D eigenvalue weighted by Gasteiger charge is -2.21. The van der Waals surface area contributed by atoms with Gasteiger partial charge in [-0.2, -0.15) is 5.10 Å². The van der Waals surface area contributed by atoms with Crippen molar-refractivity contribution in [2.24, 2.45) is 0 Å². The second-order valence-corrected chi connectivity index (χ2v) is 9.16. The van der Waals surface area contributed by atoms with Gasteiger partial charge in [0.15, 0.2) is 5.65 Å². The first kappa shape index (κ1) is 22.1. The van der Waals surface area contributed by atoms with Crippen LogP contribution >= 0.6 is 0 Å². The third-order valence-corrected chi connectivity index (χ3v) is 6.88. The van der Waals surface area contributed by atoms with Gasteiger partial charge in [0.25, 0.3) is 5.91 Å². The summed E-state index contributed by atoms with van der Waals surface area (Å²) < 4.78 is 0. The Morgan fingerprint density at radius 3 is 2.76 bits per heavy atom. The number of likely N-dealkylation sites (N-methyl/N-ethyl adjacent to an activating group) is 1. The van der Waals surface area contributed by atoms with Gasteiger partial charge in [0.05, 0.1) is 11.3 Å². The molecule has 0 bridgehead atoms. The number of carbonyl (C=O) groups is 1. The first-order valence-corrected chi connectivity index (χ1v) is 11.7. The largest absolute Gasteiger partial charge is 0.398 e. The first-order chi connectivity index (χ1) is 16.5. The maximum Gasteiger partial charge on any atom is 0.256 e. The average molecular weight is 455 g/mol. The number of nitrogen functional groups attached to an aromatic ring is 1. The Morgan fingerprint density at radius 2 is 2.00 bits per heavy atom. The number of amides is 1. The number of nitrogens with two attached hydrogens (primary N) is 1. The summed E-state index contributed by atoms with van der Waals surface area (Å²) in [5, 5.41) is 8.55. The van der Waals surface area contributed by atoms with Crippen molar-refractivity contribution in [1.82, 2.24) is 25.0 Å². The molecule has 5 rings (SSSR count). The molecule has 0 saturated carbocycles. The van der Waals surface area contributed by atoms with E-state index in [9.17, 15) is 4.79 Å². The molecule has 2 aromatic heterocycles. The van der Waals surface area contributed by atoms with Crippen molar-refractivity contribution in [1.29, 1.82) is 0 Å². The molecule has 3 heterocycles. The topological polar surface area (TPSA) is 91.1 Å². The van der Waals surface area contributed by atoms with Crippen molar-refractivity contribution >= 4 is 22.6 Å². The molecule has 1 aliphatic heterocycles. The lowest BCUT2D eigenvalue weighted by Crippen LogP contribution is -2.34. The Labute approximate surface area is 199 Å². The molecule has 2 aromatic carbocycles. The molecular formula is C27H30N6O. The Morgan fingerprint density at radius 1 is 1.18 bits per heavy atom. The molecule has 1 unspecified atom stereocenters. The number of nitrogens with one attached hydrogen (secondary N) is 1. The maximum atomic E-state index is 13.3. The first-order valence-electron chi connectivity index (χ1n) is 11.7. The van der Waals surface area contributed by atoms with Gasteiger partial charge in [-0.05, 0) is 56.3 Å². The molecule has 7 nitrogen and oxygen atoms in total. The number of rotatable bonds is 5. The third kappa shape index (κ3) is 3.92. The number of fused-ring (bicyclic) bond motifs is 1. The predicted molar refractivity (Wildman–Crippen MR) is 137 cm³/mol. The van der Waals surface area contributed by atoms with Crippen LogP contribution in [-0.2, 0) is 6.42 Å².